The molecule has 0 aromatic heterocycles. The average molecular weight is 296 g/mol. The van der Waals surface area contributed by atoms with Gasteiger partial charge in [0.05, 0.1) is 18.7 Å². The van der Waals surface area contributed by atoms with E-state index in [1.165, 1.54) is 0 Å². The van der Waals surface area contributed by atoms with Crippen molar-refractivity contribution in [2.75, 3.05) is 20.3 Å². The van der Waals surface area contributed by atoms with Crippen molar-refractivity contribution in [2.45, 2.75) is 13.0 Å². The lowest BCUT2D eigenvalue weighted by Gasteiger charge is -2.17. The average Bonchev–Trinajstić information content (AvgIpc) is 2.59. The molecule has 0 unspecified atom stereocenters. The Balaban J connectivity index is 1.79. The molecule has 0 aliphatic heterocycles. The summed E-state index contributed by atoms with van der Waals surface area (Å²) in [6, 6.07) is 17.4. The van der Waals surface area contributed by atoms with Gasteiger partial charge in [0.25, 0.3) is 0 Å². The second-order valence-electron chi connectivity index (χ2n) is 4.90. The van der Waals surface area contributed by atoms with Gasteiger partial charge in [-0.05, 0) is 37.3 Å². The van der Waals surface area contributed by atoms with E-state index in [9.17, 15) is 0 Å². The normalized spacial score (nSPS) is 11.5. The van der Waals surface area contributed by atoms with E-state index in [-0.39, 0.29) is 6.04 Å². The summed E-state index contributed by atoms with van der Waals surface area (Å²) >= 11 is 0. The van der Waals surface area contributed by atoms with Crippen LogP contribution in [0.3, 0.4) is 0 Å². The minimum absolute atomic E-state index is 0.181. The minimum atomic E-state index is 0.181. The number of methoxy groups -OCH3 is 1. The quantitative estimate of drug-likeness (QED) is 0.797. The molecule has 2 rings (SSSR count). The van der Waals surface area contributed by atoms with Crippen LogP contribution in [0, 0.1) is 11.3 Å². The molecule has 114 valence electrons. The predicted molar refractivity (Wildman–Crippen MR) is 86.1 cm³/mol. The lowest BCUT2D eigenvalue weighted by Crippen LogP contribution is -2.24. The number of nitrogens with one attached hydrogen (secondary N) is 1. The van der Waals surface area contributed by atoms with Gasteiger partial charge in [-0.3, -0.25) is 0 Å². The van der Waals surface area contributed by atoms with Crippen LogP contribution in [-0.4, -0.2) is 20.3 Å². The molecule has 0 bridgehead atoms. The monoisotopic (exact) mass is 296 g/mol. The standard InChI is InChI=1S/C18H20N2O2/c1-14(17-5-3-4-6-18(17)21-2)20-11-12-22-16-9-7-15(13-19)8-10-16/h3-10,14,20H,11-12H2,1-2H3/t14-/m1/s1. The number of nitrogens with zero attached hydrogens (tertiary/aromatic N) is 1. The van der Waals surface area contributed by atoms with Gasteiger partial charge < -0.3 is 14.8 Å². The summed E-state index contributed by atoms with van der Waals surface area (Å²) in [4.78, 5) is 0. The van der Waals surface area contributed by atoms with Crippen molar-refractivity contribution in [2.24, 2.45) is 0 Å². The van der Waals surface area contributed by atoms with Gasteiger partial charge in [-0.25, -0.2) is 0 Å². The Kier molecular flexibility index (Phi) is 5.81. The maximum Gasteiger partial charge on any atom is 0.123 e. The fraction of sp³-hybridized carbons (Fsp3) is 0.278. The topological polar surface area (TPSA) is 54.3 Å². The van der Waals surface area contributed by atoms with Gasteiger partial charge in [-0.1, -0.05) is 18.2 Å². The third-order valence-electron chi connectivity index (χ3n) is 3.41. The SMILES string of the molecule is COc1ccccc1[C@@H](C)NCCOc1ccc(C#N)cc1. The van der Waals surface area contributed by atoms with Crippen LogP contribution in [0.2, 0.25) is 0 Å². The van der Waals surface area contributed by atoms with Crippen molar-refractivity contribution in [3.8, 4) is 17.6 Å². The van der Waals surface area contributed by atoms with E-state index in [1.54, 1.807) is 19.2 Å². The number of rotatable bonds is 7. The van der Waals surface area contributed by atoms with Crippen molar-refractivity contribution in [1.82, 2.24) is 5.32 Å². The number of hydrogen-bond donors (Lipinski definition) is 1. The van der Waals surface area contributed by atoms with Crippen molar-refractivity contribution >= 4 is 0 Å². The van der Waals surface area contributed by atoms with Crippen LogP contribution in [-0.2, 0) is 0 Å². The molecule has 0 fully saturated rings. The summed E-state index contributed by atoms with van der Waals surface area (Å²) in [5.41, 5.74) is 1.76. The summed E-state index contributed by atoms with van der Waals surface area (Å²) in [6.07, 6.45) is 0. The van der Waals surface area contributed by atoms with E-state index < -0.39 is 0 Å². The van der Waals surface area contributed by atoms with Crippen molar-refractivity contribution < 1.29 is 9.47 Å². The minimum Gasteiger partial charge on any atom is -0.496 e. The molecule has 4 nitrogen and oxygen atoms in total. The second-order valence-corrected chi connectivity index (χ2v) is 4.90. The molecule has 0 heterocycles. The highest BCUT2D eigenvalue weighted by Crippen LogP contribution is 2.24. The molecule has 0 radical (unpaired) electrons. The van der Waals surface area contributed by atoms with Crippen LogP contribution in [0.15, 0.2) is 48.5 Å². The number of ether oxygens (including phenoxy) is 2. The van der Waals surface area contributed by atoms with Crippen LogP contribution in [0.25, 0.3) is 0 Å². The van der Waals surface area contributed by atoms with Crippen molar-refractivity contribution in [3.05, 3.63) is 59.7 Å². The molecule has 2 aromatic carbocycles. The number of nitriles is 1. The van der Waals surface area contributed by atoms with E-state index in [1.807, 2.05) is 30.3 Å². The highest BCUT2D eigenvalue weighted by atomic mass is 16.5. The first-order valence-electron chi connectivity index (χ1n) is 7.24. The van der Waals surface area contributed by atoms with Gasteiger partial charge >= 0.3 is 0 Å². The maximum absolute atomic E-state index is 8.74. The summed E-state index contributed by atoms with van der Waals surface area (Å²) in [7, 11) is 1.68. The summed E-state index contributed by atoms with van der Waals surface area (Å²) in [6.45, 7) is 3.38. The van der Waals surface area contributed by atoms with Crippen molar-refractivity contribution in [3.63, 3.8) is 0 Å². The highest BCUT2D eigenvalue weighted by Gasteiger charge is 2.09. The molecule has 0 aliphatic rings. The van der Waals surface area contributed by atoms with Gasteiger partial charge in [-0.2, -0.15) is 5.26 Å². The zero-order valence-corrected chi connectivity index (χ0v) is 12.9. The smallest absolute Gasteiger partial charge is 0.123 e. The number of hydrogen-bond acceptors (Lipinski definition) is 4. The molecule has 0 spiro atoms. The molecule has 0 saturated heterocycles. The first-order chi connectivity index (χ1) is 10.7. The third-order valence-corrected chi connectivity index (χ3v) is 3.41. The molecular weight excluding hydrogens is 276 g/mol. The van der Waals surface area contributed by atoms with Gasteiger partial charge in [0, 0.05) is 18.2 Å². The van der Waals surface area contributed by atoms with Gasteiger partial charge in [-0.15, -0.1) is 0 Å². The number of benzene rings is 2. The lowest BCUT2D eigenvalue weighted by atomic mass is 10.1. The Bertz CT molecular complexity index is 632. The van der Waals surface area contributed by atoms with Crippen molar-refractivity contribution in [1.29, 1.82) is 5.26 Å². The van der Waals surface area contributed by atoms with Gasteiger partial charge in [0.2, 0.25) is 0 Å². The Morgan fingerprint density at radius 1 is 1.14 bits per heavy atom. The van der Waals surface area contributed by atoms with E-state index in [0.29, 0.717) is 12.2 Å². The van der Waals surface area contributed by atoms with Gasteiger partial charge in [0.15, 0.2) is 0 Å². The zero-order chi connectivity index (χ0) is 15.8. The van der Waals surface area contributed by atoms with E-state index in [4.69, 9.17) is 14.7 Å². The summed E-state index contributed by atoms with van der Waals surface area (Å²) in [5, 5.41) is 12.2. The maximum atomic E-state index is 8.74. The molecule has 0 amide bonds. The van der Waals surface area contributed by atoms with E-state index in [0.717, 1.165) is 23.6 Å². The first kappa shape index (κ1) is 15.9. The molecule has 1 atom stereocenters. The predicted octanol–water partition coefficient (Wildman–Crippen LogP) is 3.30. The van der Waals surface area contributed by atoms with Crippen LogP contribution >= 0.6 is 0 Å². The second kappa shape index (κ2) is 8.06. The van der Waals surface area contributed by atoms with Crippen LogP contribution in [0.5, 0.6) is 11.5 Å². The Morgan fingerprint density at radius 2 is 1.86 bits per heavy atom. The first-order valence-corrected chi connectivity index (χ1v) is 7.24. The Hall–Kier alpha value is -2.51. The van der Waals surface area contributed by atoms with E-state index in [2.05, 4.69) is 24.4 Å². The molecule has 22 heavy (non-hydrogen) atoms. The molecule has 1 N–H and O–H groups in total. The highest BCUT2D eigenvalue weighted by molar-refractivity contribution is 5.36. The molecule has 0 aliphatic carbocycles. The zero-order valence-electron chi connectivity index (χ0n) is 12.9. The summed E-state index contributed by atoms with van der Waals surface area (Å²) in [5.74, 6) is 1.65. The van der Waals surface area contributed by atoms with Crippen LogP contribution in [0.4, 0.5) is 0 Å². The number of para-hydroxylation sites is 1. The summed E-state index contributed by atoms with van der Waals surface area (Å²) < 4.78 is 11.0. The van der Waals surface area contributed by atoms with Crippen LogP contribution < -0.4 is 14.8 Å². The Labute approximate surface area is 131 Å². The fourth-order valence-corrected chi connectivity index (χ4v) is 2.20. The van der Waals surface area contributed by atoms with Crippen LogP contribution in [0.1, 0.15) is 24.1 Å². The van der Waals surface area contributed by atoms with E-state index >= 15 is 0 Å². The lowest BCUT2D eigenvalue weighted by molar-refractivity contribution is 0.306. The third kappa shape index (κ3) is 4.24. The Morgan fingerprint density at radius 3 is 2.55 bits per heavy atom. The molecule has 2 aromatic rings. The fourth-order valence-electron chi connectivity index (χ4n) is 2.20. The van der Waals surface area contributed by atoms with Gasteiger partial charge in [0.1, 0.15) is 18.1 Å². The molecule has 4 heteroatoms. The largest absolute Gasteiger partial charge is 0.496 e. The molecular formula is C18H20N2O2. The molecule has 0 saturated carbocycles.